The van der Waals surface area contributed by atoms with Gasteiger partial charge in [-0.05, 0) is 24.7 Å². The molecule has 1 saturated heterocycles. The van der Waals surface area contributed by atoms with E-state index in [-0.39, 0.29) is 23.1 Å². The molecule has 124 valence electrons. The van der Waals surface area contributed by atoms with Gasteiger partial charge in [-0.2, -0.15) is 0 Å². The molecule has 1 aliphatic heterocycles. The molecule has 0 radical (unpaired) electrons. The molecule has 21 heavy (non-hydrogen) atoms. The standard InChI is InChI=1S/C15H30N2O3S/c1-5-6-11-21(19,20)17-9-7-13(8-10-17)16-14(18)12-15(2,3)4/h13H,5-12H2,1-4H3,(H,16,18). The van der Waals surface area contributed by atoms with Crippen LogP contribution in [0.5, 0.6) is 0 Å². The predicted octanol–water partition coefficient (Wildman–Crippen LogP) is 2.13. The Morgan fingerprint density at radius 2 is 1.81 bits per heavy atom. The highest BCUT2D eigenvalue weighted by Crippen LogP contribution is 2.20. The van der Waals surface area contributed by atoms with Gasteiger partial charge in [0.15, 0.2) is 0 Å². The molecule has 0 aliphatic carbocycles. The Balaban J connectivity index is 2.40. The van der Waals surface area contributed by atoms with E-state index < -0.39 is 10.0 Å². The van der Waals surface area contributed by atoms with E-state index in [1.54, 1.807) is 4.31 Å². The summed E-state index contributed by atoms with van der Waals surface area (Å²) in [7, 11) is -3.11. The van der Waals surface area contributed by atoms with Gasteiger partial charge in [0.2, 0.25) is 15.9 Å². The number of nitrogens with one attached hydrogen (secondary N) is 1. The third kappa shape index (κ3) is 6.78. The van der Waals surface area contributed by atoms with Gasteiger partial charge in [-0.3, -0.25) is 4.79 Å². The Morgan fingerprint density at radius 1 is 1.24 bits per heavy atom. The van der Waals surface area contributed by atoms with Gasteiger partial charge in [-0.15, -0.1) is 0 Å². The number of amides is 1. The van der Waals surface area contributed by atoms with Crippen molar-refractivity contribution in [1.29, 1.82) is 0 Å². The first-order valence-electron chi connectivity index (χ1n) is 7.91. The van der Waals surface area contributed by atoms with Gasteiger partial charge < -0.3 is 5.32 Å². The fraction of sp³-hybridized carbons (Fsp3) is 0.933. The van der Waals surface area contributed by atoms with Crippen LogP contribution in [0.2, 0.25) is 0 Å². The van der Waals surface area contributed by atoms with Crippen LogP contribution in [0.3, 0.4) is 0 Å². The zero-order chi connectivity index (χ0) is 16.1. The van der Waals surface area contributed by atoms with Crippen molar-refractivity contribution in [1.82, 2.24) is 9.62 Å². The van der Waals surface area contributed by atoms with Gasteiger partial charge in [0.1, 0.15) is 0 Å². The molecule has 0 spiro atoms. The molecule has 0 aromatic rings. The molecule has 0 saturated carbocycles. The summed E-state index contributed by atoms with van der Waals surface area (Å²) in [6.45, 7) is 9.14. The van der Waals surface area contributed by atoms with Crippen LogP contribution in [-0.2, 0) is 14.8 Å². The first-order chi connectivity index (χ1) is 9.64. The number of carbonyl (C=O) groups excluding carboxylic acids is 1. The van der Waals surface area contributed by atoms with Crippen LogP contribution in [0.1, 0.15) is 59.8 Å². The summed E-state index contributed by atoms with van der Waals surface area (Å²) >= 11 is 0. The lowest BCUT2D eigenvalue weighted by atomic mass is 9.91. The van der Waals surface area contributed by atoms with Crippen molar-refractivity contribution in [2.24, 2.45) is 5.41 Å². The smallest absolute Gasteiger partial charge is 0.220 e. The molecule has 0 bridgehead atoms. The summed E-state index contributed by atoms with van der Waals surface area (Å²) in [4.78, 5) is 11.9. The fourth-order valence-corrected chi connectivity index (χ4v) is 4.17. The summed E-state index contributed by atoms with van der Waals surface area (Å²) in [5.41, 5.74) is -0.0196. The Labute approximate surface area is 129 Å². The minimum Gasteiger partial charge on any atom is -0.353 e. The van der Waals surface area contributed by atoms with Crippen LogP contribution in [0.25, 0.3) is 0 Å². The summed E-state index contributed by atoms with van der Waals surface area (Å²) in [6, 6.07) is 0.109. The quantitative estimate of drug-likeness (QED) is 0.816. The third-order valence-electron chi connectivity index (χ3n) is 3.66. The molecular weight excluding hydrogens is 288 g/mol. The van der Waals surface area contributed by atoms with Crippen LogP contribution >= 0.6 is 0 Å². The maximum atomic E-state index is 12.1. The SMILES string of the molecule is CCCCS(=O)(=O)N1CCC(NC(=O)CC(C)(C)C)CC1. The molecule has 6 heteroatoms. The van der Waals surface area contributed by atoms with E-state index in [9.17, 15) is 13.2 Å². The van der Waals surface area contributed by atoms with Gasteiger partial charge in [0.25, 0.3) is 0 Å². The molecule has 1 fully saturated rings. The monoisotopic (exact) mass is 318 g/mol. The van der Waals surface area contributed by atoms with Crippen molar-refractivity contribution < 1.29 is 13.2 Å². The highest BCUT2D eigenvalue weighted by atomic mass is 32.2. The van der Waals surface area contributed by atoms with E-state index in [1.807, 2.05) is 27.7 Å². The molecule has 5 nitrogen and oxygen atoms in total. The summed E-state index contributed by atoms with van der Waals surface area (Å²) in [5, 5.41) is 3.03. The first kappa shape index (κ1) is 18.4. The van der Waals surface area contributed by atoms with Crippen LogP contribution < -0.4 is 5.32 Å². The van der Waals surface area contributed by atoms with E-state index in [2.05, 4.69) is 5.32 Å². The van der Waals surface area contributed by atoms with Gasteiger partial charge in [0.05, 0.1) is 5.75 Å². The first-order valence-corrected chi connectivity index (χ1v) is 9.52. The highest BCUT2D eigenvalue weighted by Gasteiger charge is 2.28. The number of nitrogens with zero attached hydrogens (tertiary/aromatic N) is 1. The van der Waals surface area contributed by atoms with Crippen molar-refractivity contribution in [3.05, 3.63) is 0 Å². The lowest BCUT2D eigenvalue weighted by Crippen LogP contribution is -2.47. The van der Waals surface area contributed by atoms with Gasteiger partial charge in [-0.25, -0.2) is 12.7 Å². The fourth-order valence-electron chi connectivity index (χ4n) is 2.49. The third-order valence-corrected chi connectivity index (χ3v) is 5.62. The lowest BCUT2D eigenvalue weighted by Gasteiger charge is -2.32. The number of carbonyl (C=O) groups is 1. The maximum absolute atomic E-state index is 12.1. The number of rotatable bonds is 6. The normalized spacial score (nSPS) is 18.7. The molecule has 1 aliphatic rings. The zero-order valence-electron chi connectivity index (χ0n) is 13.8. The van der Waals surface area contributed by atoms with Crippen molar-refractivity contribution in [3.63, 3.8) is 0 Å². The zero-order valence-corrected chi connectivity index (χ0v) is 14.6. The predicted molar refractivity (Wildman–Crippen MR) is 85.5 cm³/mol. The van der Waals surface area contributed by atoms with Crippen molar-refractivity contribution in [2.75, 3.05) is 18.8 Å². The van der Waals surface area contributed by atoms with Crippen molar-refractivity contribution >= 4 is 15.9 Å². The van der Waals surface area contributed by atoms with Crippen LogP contribution in [0, 0.1) is 5.41 Å². The van der Waals surface area contributed by atoms with Crippen molar-refractivity contribution in [3.8, 4) is 0 Å². The van der Waals surface area contributed by atoms with E-state index in [4.69, 9.17) is 0 Å². The average molecular weight is 318 g/mol. The average Bonchev–Trinajstić information content (AvgIpc) is 2.34. The van der Waals surface area contributed by atoms with Gasteiger partial charge in [0, 0.05) is 25.6 Å². The van der Waals surface area contributed by atoms with Crippen LogP contribution in [0.15, 0.2) is 0 Å². The highest BCUT2D eigenvalue weighted by molar-refractivity contribution is 7.89. The molecule has 1 rings (SSSR count). The Hall–Kier alpha value is -0.620. The van der Waals surface area contributed by atoms with Gasteiger partial charge in [-0.1, -0.05) is 34.1 Å². The number of piperidine rings is 1. The Morgan fingerprint density at radius 3 is 2.29 bits per heavy atom. The molecule has 0 aromatic carbocycles. The molecule has 0 aromatic heterocycles. The minimum atomic E-state index is -3.11. The molecule has 0 atom stereocenters. The lowest BCUT2D eigenvalue weighted by molar-refractivity contribution is -0.123. The second-order valence-corrected chi connectivity index (χ2v) is 9.24. The number of unbranched alkanes of at least 4 members (excludes halogenated alkanes) is 1. The second kappa shape index (κ2) is 7.58. The molecule has 1 amide bonds. The summed E-state index contributed by atoms with van der Waals surface area (Å²) in [6.07, 6.45) is 3.52. The Kier molecular flexibility index (Phi) is 6.66. The molecular formula is C15H30N2O3S. The number of hydrogen-bond acceptors (Lipinski definition) is 3. The molecule has 1 N–H and O–H groups in total. The van der Waals surface area contributed by atoms with E-state index in [0.29, 0.717) is 38.8 Å². The molecule has 1 heterocycles. The van der Waals surface area contributed by atoms with E-state index >= 15 is 0 Å². The van der Waals surface area contributed by atoms with Crippen LogP contribution in [-0.4, -0.2) is 43.5 Å². The van der Waals surface area contributed by atoms with E-state index in [0.717, 1.165) is 6.42 Å². The topological polar surface area (TPSA) is 66.5 Å². The van der Waals surface area contributed by atoms with Crippen molar-refractivity contribution in [2.45, 2.75) is 65.8 Å². The number of sulfonamides is 1. The summed E-state index contributed by atoms with van der Waals surface area (Å²) < 4.78 is 25.8. The summed E-state index contributed by atoms with van der Waals surface area (Å²) in [5.74, 6) is 0.305. The minimum absolute atomic E-state index is 0.0196. The second-order valence-electron chi connectivity index (χ2n) is 7.15. The Bertz CT molecular complexity index is 432. The van der Waals surface area contributed by atoms with Gasteiger partial charge >= 0.3 is 0 Å². The van der Waals surface area contributed by atoms with Crippen LogP contribution in [0.4, 0.5) is 0 Å². The molecule has 0 unspecified atom stereocenters. The number of hydrogen-bond donors (Lipinski definition) is 1. The maximum Gasteiger partial charge on any atom is 0.220 e. The largest absolute Gasteiger partial charge is 0.353 e. The van der Waals surface area contributed by atoms with E-state index in [1.165, 1.54) is 0 Å².